The van der Waals surface area contributed by atoms with Gasteiger partial charge in [0.2, 0.25) is 0 Å². The lowest BCUT2D eigenvalue weighted by Crippen LogP contribution is -2.32. The molecule has 5 nitrogen and oxygen atoms in total. The van der Waals surface area contributed by atoms with E-state index in [-0.39, 0.29) is 6.54 Å². The van der Waals surface area contributed by atoms with Crippen LogP contribution in [0.25, 0.3) is 0 Å². The normalized spacial score (nSPS) is 12.8. The van der Waals surface area contributed by atoms with Crippen LogP contribution in [0.4, 0.5) is 0 Å². The van der Waals surface area contributed by atoms with Gasteiger partial charge in [-0.15, -0.1) is 0 Å². The molecule has 3 N–H and O–H groups in total. The summed E-state index contributed by atoms with van der Waals surface area (Å²) in [5, 5.41) is 9.27. The Morgan fingerprint density at radius 1 is 1.32 bits per heavy atom. The maximum atomic E-state index is 12.0. The maximum absolute atomic E-state index is 12.0. The first-order chi connectivity index (χ1) is 8.76. The van der Waals surface area contributed by atoms with E-state index < -0.39 is 23.5 Å². The molecule has 104 valence electrons. The minimum Gasteiger partial charge on any atom is -0.480 e. The highest BCUT2D eigenvalue weighted by Gasteiger charge is 2.33. The summed E-state index contributed by atoms with van der Waals surface area (Å²) < 4.78 is 5.15. The molecule has 0 fully saturated rings. The van der Waals surface area contributed by atoms with Gasteiger partial charge in [0.25, 0.3) is 0 Å². The summed E-state index contributed by atoms with van der Waals surface area (Å²) >= 11 is 0. The monoisotopic (exact) mass is 265 g/mol. The van der Waals surface area contributed by atoms with Crippen molar-refractivity contribution in [3.63, 3.8) is 0 Å². The van der Waals surface area contributed by atoms with E-state index in [2.05, 4.69) is 0 Å². The van der Waals surface area contributed by atoms with Gasteiger partial charge in [0.15, 0.2) is 5.92 Å². The molecule has 0 aliphatic carbocycles. The zero-order valence-corrected chi connectivity index (χ0v) is 11.3. The van der Waals surface area contributed by atoms with Crippen LogP contribution in [0.15, 0.2) is 24.3 Å². The predicted molar refractivity (Wildman–Crippen MR) is 70.6 cm³/mol. The van der Waals surface area contributed by atoms with Crippen molar-refractivity contribution in [1.29, 1.82) is 0 Å². The van der Waals surface area contributed by atoms with Crippen molar-refractivity contribution in [2.45, 2.75) is 38.8 Å². The van der Waals surface area contributed by atoms with Crippen molar-refractivity contribution in [2.24, 2.45) is 5.73 Å². The Morgan fingerprint density at radius 3 is 2.37 bits per heavy atom. The third-order valence-electron chi connectivity index (χ3n) is 2.48. The molecule has 0 aromatic heterocycles. The van der Waals surface area contributed by atoms with Crippen molar-refractivity contribution in [1.82, 2.24) is 0 Å². The van der Waals surface area contributed by atoms with E-state index in [4.69, 9.17) is 10.5 Å². The first kappa shape index (κ1) is 15.2. The Morgan fingerprint density at radius 2 is 1.89 bits per heavy atom. The molecule has 19 heavy (non-hydrogen) atoms. The van der Waals surface area contributed by atoms with Crippen molar-refractivity contribution >= 4 is 11.9 Å². The molecule has 0 amide bonds. The zero-order chi connectivity index (χ0) is 14.6. The number of hydrogen-bond donors (Lipinski definition) is 2. The number of esters is 1. The lowest BCUT2D eigenvalue weighted by Gasteiger charge is -2.23. The minimum atomic E-state index is -1.35. The summed E-state index contributed by atoms with van der Waals surface area (Å²) in [6.07, 6.45) is 0. The van der Waals surface area contributed by atoms with E-state index in [0.717, 1.165) is 0 Å². The molecular formula is C14H19NO4. The van der Waals surface area contributed by atoms with Gasteiger partial charge >= 0.3 is 11.9 Å². The van der Waals surface area contributed by atoms with Gasteiger partial charge in [0.1, 0.15) is 5.60 Å². The van der Waals surface area contributed by atoms with Crippen molar-refractivity contribution in [3.05, 3.63) is 35.4 Å². The molecule has 0 radical (unpaired) electrons. The van der Waals surface area contributed by atoms with E-state index >= 15 is 0 Å². The van der Waals surface area contributed by atoms with Gasteiger partial charge in [-0.1, -0.05) is 24.3 Å². The van der Waals surface area contributed by atoms with Crippen molar-refractivity contribution in [2.75, 3.05) is 0 Å². The molecule has 0 aliphatic heterocycles. The second-order valence-electron chi connectivity index (χ2n) is 5.21. The molecule has 0 heterocycles. The van der Waals surface area contributed by atoms with Gasteiger partial charge in [-0.3, -0.25) is 9.59 Å². The molecule has 0 saturated carbocycles. The molecule has 0 spiro atoms. The van der Waals surface area contributed by atoms with Crippen LogP contribution in [0.3, 0.4) is 0 Å². The number of carbonyl (C=O) groups excluding carboxylic acids is 1. The second-order valence-corrected chi connectivity index (χ2v) is 5.21. The lowest BCUT2D eigenvalue weighted by atomic mass is 9.94. The zero-order valence-electron chi connectivity index (χ0n) is 11.3. The van der Waals surface area contributed by atoms with Crippen LogP contribution in [-0.4, -0.2) is 22.6 Å². The molecule has 0 saturated heterocycles. The van der Waals surface area contributed by atoms with Crippen LogP contribution >= 0.6 is 0 Å². The van der Waals surface area contributed by atoms with E-state index in [0.29, 0.717) is 11.1 Å². The van der Waals surface area contributed by atoms with Gasteiger partial charge in [-0.2, -0.15) is 0 Å². The first-order valence-corrected chi connectivity index (χ1v) is 6.00. The quantitative estimate of drug-likeness (QED) is 0.638. The fraction of sp³-hybridized carbons (Fsp3) is 0.429. The first-order valence-electron chi connectivity index (χ1n) is 6.00. The molecule has 5 heteroatoms. The van der Waals surface area contributed by atoms with Gasteiger partial charge < -0.3 is 15.6 Å². The van der Waals surface area contributed by atoms with Crippen LogP contribution in [0.1, 0.15) is 37.8 Å². The topological polar surface area (TPSA) is 89.6 Å². The highest BCUT2D eigenvalue weighted by Crippen LogP contribution is 2.24. The average molecular weight is 265 g/mol. The third-order valence-corrected chi connectivity index (χ3v) is 2.48. The lowest BCUT2D eigenvalue weighted by molar-refractivity contribution is -0.162. The van der Waals surface area contributed by atoms with Crippen molar-refractivity contribution in [3.8, 4) is 0 Å². The van der Waals surface area contributed by atoms with E-state index in [1.54, 1.807) is 45.0 Å². The Hall–Kier alpha value is -1.88. The van der Waals surface area contributed by atoms with Crippen LogP contribution < -0.4 is 5.73 Å². The number of aliphatic carboxylic acids is 1. The largest absolute Gasteiger partial charge is 0.480 e. The molecule has 1 rings (SSSR count). The number of benzene rings is 1. The third kappa shape index (κ3) is 4.06. The van der Waals surface area contributed by atoms with Crippen LogP contribution in [0.5, 0.6) is 0 Å². The summed E-state index contributed by atoms with van der Waals surface area (Å²) in [5.41, 5.74) is 5.84. The molecule has 1 atom stereocenters. The SMILES string of the molecule is CC(C)(C)OC(=O)[C@@H](C(=O)O)c1ccccc1CN. The van der Waals surface area contributed by atoms with Crippen LogP contribution in [0.2, 0.25) is 0 Å². The van der Waals surface area contributed by atoms with Gasteiger partial charge in [0, 0.05) is 6.54 Å². The molecule has 0 bridgehead atoms. The molecule has 1 aromatic rings. The number of carboxylic acids is 1. The van der Waals surface area contributed by atoms with E-state index in [1.165, 1.54) is 0 Å². The van der Waals surface area contributed by atoms with E-state index in [9.17, 15) is 14.7 Å². The summed E-state index contributed by atoms with van der Waals surface area (Å²) in [4.78, 5) is 23.4. The van der Waals surface area contributed by atoms with Crippen molar-refractivity contribution < 1.29 is 19.4 Å². The molecule has 0 unspecified atom stereocenters. The fourth-order valence-corrected chi connectivity index (χ4v) is 1.72. The predicted octanol–water partition coefficient (Wildman–Crippen LogP) is 1.66. The second kappa shape index (κ2) is 5.84. The van der Waals surface area contributed by atoms with Crippen LogP contribution in [0, 0.1) is 0 Å². The summed E-state index contributed by atoms with van der Waals surface area (Å²) in [5.74, 6) is -3.37. The Balaban J connectivity index is 3.14. The number of carbonyl (C=O) groups is 2. The van der Waals surface area contributed by atoms with Gasteiger partial charge in [0.05, 0.1) is 0 Å². The fourth-order valence-electron chi connectivity index (χ4n) is 1.72. The van der Waals surface area contributed by atoms with Gasteiger partial charge in [-0.05, 0) is 31.9 Å². The molecule has 1 aromatic carbocycles. The highest BCUT2D eigenvalue weighted by molar-refractivity contribution is 6.00. The smallest absolute Gasteiger partial charge is 0.325 e. The number of hydrogen-bond acceptors (Lipinski definition) is 4. The standard InChI is InChI=1S/C14H19NO4/c1-14(2,3)19-13(18)11(12(16)17)10-7-5-4-6-9(10)8-15/h4-7,11H,8,15H2,1-3H3,(H,16,17)/t11-/m1/s1. The van der Waals surface area contributed by atoms with Crippen LogP contribution in [-0.2, 0) is 20.9 Å². The number of ether oxygens (including phenoxy) is 1. The average Bonchev–Trinajstić information content (AvgIpc) is 2.26. The Kier molecular flexibility index (Phi) is 4.67. The number of rotatable bonds is 4. The number of nitrogens with two attached hydrogens (primary N) is 1. The number of carboxylic acid groups (broad SMARTS) is 1. The summed E-state index contributed by atoms with van der Waals surface area (Å²) in [7, 11) is 0. The molecule has 0 aliphatic rings. The van der Waals surface area contributed by atoms with Gasteiger partial charge in [-0.25, -0.2) is 0 Å². The summed E-state index contributed by atoms with van der Waals surface area (Å²) in [6.45, 7) is 5.25. The maximum Gasteiger partial charge on any atom is 0.325 e. The summed E-state index contributed by atoms with van der Waals surface area (Å²) in [6, 6.07) is 6.72. The molecular weight excluding hydrogens is 246 g/mol. The highest BCUT2D eigenvalue weighted by atomic mass is 16.6. The Bertz CT molecular complexity index is 477. The minimum absolute atomic E-state index is 0.169. The van der Waals surface area contributed by atoms with E-state index in [1.807, 2.05) is 0 Å². The Labute approximate surface area is 112 Å².